The lowest BCUT2D eigenvalue weighted by Gasteiger charge is -2.01. The van der Waals surface area contributed by atoms with Crippen molar-refractivity contribution in [3.63, 3.8) is 0 Å². The molecule has 4 rings (SSSR count). The summed E-state index contributed by atoms with van der Waals surface area (Å²) in [5.41, 5.74) is 2.97. The number of hydrogen-bond donors (Lipinski definition) is 1. The monoisotopic (exact) mass is 344 g/mol. The lowest BCUT2D eigenvalue weighted by Crippen LogP contribution is -2.11. The average Bonchev–Trinajstić information content (AvgIpc) is 3.14. The molecule has 118 valence electrons. The Bertz CT molecular complexity index is 924. The number of rotatable bonds is 3. The second-order valence-electron chi connectivity index (χ2n) is 5.90. The molecule has 1 aliphatic carbocycles. The fourth-order valence-electron chi connectivity index (χ4n) is 2.75. The van der Waals surface area contributed by atoms with Crippen LogP contribution < -0.4 is 5.32 Å². The Hall–Kier alpha value is -1.86. The molecular formula is C16H16N4OS2. The summed E-state index contributed by atoms with van der Waals surface area (Å²) in [4.78, 5) is 27.5. The Labute approximate surface area is 141 Å². The van der Waals surface area contributed by atoms with Crippen LogP contribution in [0.1, 0.15) is 51.2 Å². The van der Waals surface area contributed by atoms with E-state index in [0.29, 0.717) is 15.9 Å². The first-order valence-corrected chi connectivity index (χ1v) is 9.23. The summed E-state index contributed by atoms with van der Waals surface area (Å²) in [6, 6.07) is 0. The number of carbonyl (C=O) groups is 1. The van der Waals surface area contributed by atoms with Gasteiger partial charge in [0.25, 0.3) is 5.91 Å². The van der Waals surface area contributed by atoms with Crippen LogP contribution in [0.5, 0.6) is 0 Å². The molecule has 0 saturated heterocycles. The number of aryl methyl sites for hydroxylation is 3. The Morgan fingerprint density at radius 1 is 1.22 bits per heavy atom. The minimum absolute atomic E-state index is 0.112. The van der Waals surface area contributed by atoms with Crippen LogP contribution in [0, 0.1) is 20.8 Å². The summed E-state index contributed by atoms with van der Waals surface area (Å²) in [5, 5.41) is 6.64. The maximum absolute atomic E-state index is 12.6. The third kappa shape index (κ3) is 2.64. The molecule has 1 amide bonds. The zero-order valence-electron chi connectivity index (χ0n) is 13.1. The molecule has 1 N–H and O–H groups in total. The highest BCUT2D eigenvalue weighted by molar-refractivity contribution is 7.21. The van der Waals surface area contributed by atoms with Gasteiger partial charge in [0.15, 0.2) is 5.13 Å². The van der Waals surface area contributed by atoms with E-state index in [1.165, 1.54) is 35.5 Å². The van der Waals surface area contributed by atoms with E-state index in [1.54, 1.807) is 0 Å². The second kappa shape index (κ2) is 5.35. The zero-order valence-corrected chi connectivity index (χ0v) is 14.8. The van der Waals surface area contributed by atoms with Gasteiger partial charge in [-0.15, -0.1) is 22.7 Å². The molecule has 3 heterocycles. The SMILES string of the molecule is Cc1nc(C)c2c(C)c(C(=O)Nc3nc(C4CC4)cs3)sc2n1. The van der Waals surface area contributed by atoms with Crippen LogP contribution in [0.25, 0.3) is 10.2 Å². The van der Waals surface area contributed by atoms with Crippen LogP contribution in [0.15, 0.2) is 5.38 Å². The van der Waals surface area contributed by atoms with E-state index in [1.807, 2.05) is 26.2 Å². The molecule has 5 nitrogen and oxygen atoms in total. The highest BCUT2D eigenvalue weighted by atomic mass is 32.1. The molecule has 23 heavy (non-hydrogen) atoms. The number of thiazole rings is 1. The first-order chi connectivity index (χ1) is 11.0. The predicted octanol–water partition coefficient (Wildman–Crippen LogP) is 4.20. The lowest BCUT2D eigenvalue weighted by molar-refractivity contribution is 0.103. The van der Waals surface area contributed by atoms with Crippen LogP contribution >= 0.6 is 22.7 Å². The molecule has 0 bridgehead atoms. The summed E-state index contributed by atoms with van der Waals surface area (Å²) in [7, 11) is 0. The minimum atomic E-state index is -0.112. The normalized spacial score (nSPS) is 14.4. The standard InChI is InChI=1S/C16H16N4OS2/c1-7-12-8(2)17-9(3)18-15(12)23-13(7)14(21)20-16-19-11(6-22-16)10-4-5-10/h6,10H,4-5H2,1-3H3,(H,19,20,21). The largest absolute Gasteiger partial charge is 0.297 e. The molecule has 0 aromatic carbocycles. The third-order valence-corrected chi connectivity index (χ3v) is 5.99. The third-order valence-electron chi connectivity index (χ3n) is 4.03. The van der Waals surface area contributed by atoms with Crippen molar-refractivity contribution in [3.8, 4) is 0 Å². The fraction of sp³-hybridized carbons (Fsp3) is 0.375. The van der Waals surface area contributed by atoms with Crippen LogP contribution in [-0.2, 0) is 0 Å². The summed E-state index contributed by atoms with van der Waals surface area (Å²) >= 11 is 2.91. The molecule has 0 spiro atoms. The predicted molar refractivity (Wildman–Crippen MR) is 93.7 cm³/mol. The van der Waals surface area contributed by atoms with Crippen molar-refractivity contribution in [2.45, 2.75) is 39.5 Å². The van der Waals surface area contributed by atoms with Gasteiger partial charge in [-0.1, -0.05) is 0 Å². The van der Waals surface area contributed by atoms with Gasteiger partial charge in [-0.3, -0.25) is 10.1 Å². The highest BCUT2D eigenvalue weighted by Gasteiger charge is 2.26. The van der Waals surface area contributed by atoms with E-state index in [4.69, 9.17) is 0 Å². The van der Waals surface area contributed by atoms with Gasteiger partial charge in [0, 0.05) is 22.4 Å². The summed E-state index contributed by atoms with van der Waals surface area (Å²) in [6.07, 6.45) is 2.42. The number of aromatic nitrogens is 3. The number of thiophene rings is 1. The van der Waals surface area contributed by atoms with E-state index in [9.17, 15) is 4.79 Å². The van der Waals surface area contributed by atoms with Crippen molar-refractivity contribution in [2.75, 3.05) is 5.32 Å². The van der Waals surface area contributed by atoms with Crippen LogP contribution in [0.2, 0.25) is 0 Å². The molecule has 3 aromatic heterocycles. The number of anilines is 1. The Morgan fingerprint density at radius 3 is 2.74 bits per heavy atom. The first-order valence-electron chi connectivity index (χ1n) is 7.54. The van der Waals surface area contributed by atoms with Crippen LogP contribution in [0.3, 0.4) is 0 Å². The number of carbonyl (C=O) groups excluding carboxylic acids is 1. The molecule has 3 aromatic rings. The fourth-order valence-corrected chi connectivity index (χ4v) is 4.71. The zero-order chi connectivity index (χ0) is 16.1. The summed E-state index contributed by atoms with van der Waals surface area (Å²) in [5.74, 6) is 1.22. The van der Waals surface area contributed by atoms with E-state index >= 15 is 0 Å². The molecule has 1 saturated carbocycles. The van der Waals surface area contributed by atoms with Gasteiger partial charge in [-0.2, -0.15) is 0 Å². The minimum Gasteiger partial charge on any atom is -0.297 e. The van der Waals surface area contributed by atoms with Gasteiger partial charge < -0.3 is 0 Å². The van der Waals surface area contributed by atoms with Gasteiger partial charge in [0.05, 0.1) is 10.6 Å². The number of fused-ring (bicyclic) bond motifs is 1. The number of amides is 1. The summed E-state index contributed by atoms with van der Waals surface area (Å²) in [6.45, 7) is 5.79. The van der Waals surface area contributed by atoms with Crippen molar-refractivity contribution >= 4 is 43.9 Å². The molecule has 7 heteroatoms. The molecule has 1 fully saturated rings. The second-order valence-corrected chi connectivity index (χ2v) is 7.76. The maximum atomic E-state index is 12.6. The average molecular weight is 344 g/mol. The number of hydrogen-bond acceptors (Lipinski definition) is 6. The van der Waals surface area contributed by atoms with Crippen molar-refractivity contribution < 1.29 is 4.79 Å². The Balaban J connectivity index is 1.66. The molecule has 1 aliphatic rings. The molecule has 0 atom stereocenters. The van der Waals surface area contributed by atoms with E-state index in [0.717, 1.165) is 33.0 Å². The van der Waals surface area contributed by atoms with Gasteiger partial charge in [0.1, 0.15) is 10.7 Å². The van der Waals surface area contributed by atoms with Gasteiger partial charge in [-0.25, -0.2) is 15.0 Å². The van der Waals surface area contributed by atoms with E-state index in [-0.39, 0.29) is 5.91 Å². The number of nitrogens with one attached hydrogen (secondary N) is 1. The molecule has 0 radical (unpaired) electrons. The quantitative estimate of drug-likeness (QED) is 0.773. The van der Waals surface area contributed by atoms with Crippen molar-refractivity contribution in [1.29, 1.82) is 0 Å². The molecule has 0 unspecified atom stereocenters. The van der Waals surface area contributed by atoms with Gasteiger partial charge in [0.2, 0.25) is 0 Å². The van der Waals surface area contributed by atoms with Crippen molar-refractivity contribution in [3.05, 3.63) is 33.0 Å². The summed E-state index contributed by atoms with van der Waals surface area (Å²) < 4.78 is 0. The maximum Gasteiger partial charge on any atom is 0.267 e. The smallest absolute Gasteiger partial charge is 0.267 e. The highest BCUT2D eigenvalue weighted by Crippen LogP contribution is 2.41. The Morgan fingerprint density at radius 2 is 2.00 bits per heavy atom. The van der Waals surface area contributed by atoms with Crippen molar-refractivity contribution in [1.82, 2.24) is 15.0 Å². The Kier molecular flexibility index (Phi) is 3.42. The first kappa shape index (κ1) is 14.7. The topological polar surface area (TPSA) is 67.8 Å². The van der Waals surface area contributed by atoms with Crippen molar-refractivity contribution in [2.24, 2.45) is 0 Å². The lowest BCUT2D eigenvalue weighted by atomic mass is 10.1. The van der Waals surface area contributed by atoms with E-state index < -0.39 is 0 Å². The van der Waals surface area contributed by atoms with Crippen LogP contribution in [-0.4, -0.2) is 20.9 Å². The van der Waals surface area contributed by atoms with Gasteiger partial charge >= 0.3 is 0 Å². The van der Waals surface area contributed by atoms with Crippen LogP contribution in [0.4, 0.5) is 5.13 Å². The molecule has 0 aliphatic heterocycles. The molecular weight excluding hydrogens is 328 g/mol. The number of nitrogens with zero attached hydrogens (tertiary/aromatic N) is 3. The van der Waals surface area contributed by atoms with E-state index in [2.05, 4.69) is 20.3 Å². The van der Waals surface area contributed by atoms with Gasteiger partial charge in [-0.05, 0) is 39.2 Å².